The molecule has 0 aliphatic heterocycles. The molecular formula is C22H18BrN3O5. The molecule has 0 saturated heterocycles. The molecule has 2 aromatic heterocycles. The minimum absolute atomic E-state index is 0.152. The number of ether oxygens (including phenoxy) is 2. The summed E-state index contributed by atoms with van der Waals surface area (Å²) in [7, 11) is 0. The van der Waals surface area contributed by atoms with E-state index in [-0.39, 0.29) is 18.4 Å². The second-order valence-electron chi connectivity index (χ2n) is 6.65. The molecule has 0 bridgehead atoms. The number of carbonyl (C=O) groups excluding carboxylic acids is 1. The summed E-state index contributed by atoms with van der Waals surface area (Å²) in [6.07, 6.45) is -0.798. The smallest absolute Gasteiger partial charge is 0.347 e. The third-order valence-corrected chi connectivity index (χ3v) is 4.92. The number of carbonyl (C=O) groups is 1. The summed E-state index contributed by atoms with van der Waals surface area (Å²) in [5.41, 5.74) is 2.06. The molecular weight excluding hydrogens is 466 g/mol. The van der Waals surface area contributed by atoms with Crippen molar-refractivity contribution in [2.45, 2.75) is 26.6 Å². The summed E-state index contributed by atoms with van der Waals surface area (Å²) in [6, 6.07) is 16.7. The number of hydrogen-bond donors (Lipinski definition) is 0. The van der Waals surface area contributed by atoms with Crippen LogP contribution in [0.5, 0.6) is 5.75 Å². The van der Waals surface area contributed by atoms with Crippen LogP contribution < -0.4 is 4.74 Å². The van der Waals surface area contributed by atoms with Crippen LogP contribution in [-0.4, -0.2) is 27.4 Å². The van der Waals surface area contributed by atoms with E-state index < -0.39 is 12.1 Å². The second kappa shape index (κ2) is 9.13. The van der Waals surface area contributed by atoms with E-state index in [1.165, 1.54) is 0 Å². The summed E-state index contributed by atoms with van der Waals surface area (Å²) < 4.78 is 22.8. The number of aryl methyl sites for hydroxylation is 1. The van der Waals surface area contributed by atoms with Gasteiger partial charge in [-0.3, -0.25) is 0 Å². The Bertz CT molecular complexity index is 1170. The van der Waals surface area contributed by atoms with Crippen molar-refractivity contribution in [3.8, 4) is 28.5 Å². The zero-order chi connectivity index (χ0) is 21.8. The Morgan fingerprint density at radius 3 is 2.58 bits per heavy atom. The molecule has 1 unspecified atom stereocenters. The van der Waals surface area contributed by atoms with Gasteiger partial charge in [0.1, 0.15) is 22.8 Å². The maximum Gasteiger partial charge on any atom is 0.347 e. The first-order valence-electron chi connectivity index (χ1n) is 9.44. The van der Waals surface area contributed by atoms with Crippen molar-refractivity contribution in [3.05, 3.63) is 70.7 Å². The van der Waals surface area contributed by atoms with E-state index in [9.17, 15) is 4.79 Å². The lowest BCUT2D eigenvalue weighted by atomic mass is 10.1. The molecule has 0 fully saturated rings. The van der Waals surface area contributed by atoms with E-state index in [2.05, 4.69) is 31.3 Å². The first-order chi connectivity index (χ1) is 15.0. The fourth-order valence-electron chi connectivity index (χ4n) is 2.85. The first kappa shape index (κ1) is 20.8. The molecule has 158 valence electrons. The van der Waals surface area contributed by atoms with Crippen molar-refractivity contribution in [1.29, 1.82) is 0 Å². The van der Waals surface area contributed by atoms with Crippen LogP contribution in [0.1, 0.15) is 18.6 Å². The van der Waals surface area contributed by atoms with Gasteiger partial charge in [-0.05, 0) is 38.1 Å². The molecule has 0 spiro atoms. The van der Waals surface area contributed by atoms with Crippen LogP contribution in [0.25, 0.3) is 22.7 Å². The highest BCUT2D eigenvalue weighted by atomic mass is 79.9. The molecule has 2 aromatic carbocycles. The highest BCUT2D eigenvalue weighted by molar-refractivity contribution is 9.10. The molecule has 0 aliphatic carbocycles. The second-order valence-corrected chi connectivity index (χ2v) is 7.57. The zero-order valence-electron chi connectivity index (χ0n) is 16.7. The fourth-order valence-corrected chi connectivity index (χ4v) is 3.11. The number of benzene rings is 2. The Morgan fingerprint density at radius 2 is 1.84 bits per heavy atom. The van der Waals surface area contributed by atoms with E-state index in [4.69, 9.17) is 18.4 Å². The average molecular weight is 484 g/mol. The summed E-state index contributed by atoms with van der Waals surface area (Å²) in [6.45, 7) is 3.20. The van der Waals surface area contributed by atoms with E-state index >= 15 is 0 Å². The maximum atomic E-state index is 12.2. The van der Waals surface area contributed by atoms with Gasteiger partial charge in [-0.15, -0.1) is 10.2 Å². The minimum Gasteiger partial charge on any atom is -0.479 e. The molecule has 9 heteroatoms. The number of rotatable bonds is 7. The van der Waals surface area contributed by atoms with Gasteiger partial charge in [0, 0.05) is 10.0 Å². The van der Waals surface area contributed by atoms with Gasteiger partial charge in [-0.2, -0.15) is 0 Å². The van der Waals surface area contributed by atoms with Crippen molar-refractivity contribution in [2.24, 2.45) is 0 Å². The maximum absolute atomic E-state index is 12.2. The van der Waals surface area contributed by atoms with Crippen LogP contribution in [0.2, 0.25) is 0 Å². The van der Waals surface area contributed by atoms with E-state index in [1.54, 1.807) is 26.0 Å². The van der Waals surface area contributed by atoms with Crippen LogP contribution in [0.15, 0.2) is 68.0 Å². The molecule has 4 rings (SSSR count). The van der Waals surface area contributed by atoms with Gasteiger partial charge in [0.25, 0.3) is 11.8 Å². The van der Waals surface area contributed by atoms with Crippen LogP contribution >= 0.6 is 15.9 Å². The van der Waals surface area contributed by atoms with Gasteiger partial charge >= 0.3 is 5.97 Å². The van der Waals surface area contributed by atoms with Gasteiger partial charge in [-0.25, -0.2) is 4.79 Å². The summed E-state index contributed by atoms with van der Waals surface area (Å²) in [5.74, 6) is 0.946. The number of esters is 1. The summed E-state index contributed by atoms with van der Waals surface area (Å²) in [4.78, 5) is 12.2. The van der Waals surface area contributed by atoms with Gasteiger partial charge in [0.2, 0.25) is 0 Å². The topological polar surface area (TPSA) is 100 Å². The zero-order valence-corrected chi connectivity index (χ0v) is 18.3. The summed E-state index contributed by atoms with van der Waals surface area (Å²) in [5, 5.41) is 12.1. The van der Waals surface area contributed by atoms with Gasteiger partial charge in [-0.1, -0.05) is 51.4 Å². The Morgan fingerprint density at radius 1 is 1.10 bits per heavy atom. The summed E-state index contributed by atoms with van der Waals surface area (Å²) >= 11 is 3.35. The molecule has 2 heterocycles. The van der Waals surface area contributed by atoms with Crippen LogP contribution in [0.4, 0.5) is 0 Å². The van der Waals surface area contributed by atoms with Crippen LogP contribution in [-0.2, 0) is 16.1 Å². The van der Waals surface area contributed by atoms with Crippen molar-refractivity contribution < 1.29 is 23.2 Å². The third-order valence-electron chi connectivity index (χ3n) is 4.39. The van der Waals surface area contributed by atoms with Gasteiger partial charge in [0.15, 0.2) is 12.7 Å². The quantitative estimate of drug-likeness (QED) is 0.339. The molecule has 0 N–H and O–H groups in total. The van der Waals surface area contributed by atoms with Crippen molar-refractivity contribution >= 4 is 21.9 Å². The normalized spacial score (nSPS) is 11.8. The van der Waals surface area contributed by atoms with Crippen LogP contribution in [0.3, 0.4) is 0 Å². The fraction of sp³-hybridized carbons (Fsp3) is 0.182. The first-order valence-corrected chi connectivity index (χ1v) is 10.2. The molecule has 0 radical (unpaired) electrons. The molecule has 4 aromatic rings. The predicted molar refractivity (Wildman–Crippen MR) is 114 cm³/mol. The lowest BCUT2D eigenvalue weighted by Crippen LogP contribution is -2.26. The van der Waals surface area contributed by atoms with Crippen LogP contribution in [0, 0.1) is 6.92 Å². The van der Waals surface area contributed by atoms with E-state index in [0.717, 1.165) is 10.0 Å². The highest BCUT2D eigenvalue weighted by Crippen LogP contribution is 2.33. The van der Waals surface area contributed by atoms with E-state index in [0.29, 0.717) is 22.8 Å². The average Bonchev–Trinajstić information content (AvgIpc) is 3.40. The lowest BCUT2D eigenvalue weighted by molar-refractivity contribution is -0.153. The monoisotopic (exact) mass is 483 g/mol. The Balaban J connectivity index is 1.41. The number of hydrogen-bond acceptors (Lipinski definition) is 8. The molecule has 8 nitrogen and oxygen atoms in total. The Kier molecular flexibility index (Phi) is 6.13. The van der Waals surface area contributed by atoms with Crippen molar-refractivity contribution in [2.75, 3.05) is 0 Å². The SMILES string of the molecule is Cc1onc(-c2ccccc2)c1-c1nnc(COC(=O)C(C)Oc2ccc(Br)cc2)o1. The third kappa shape index (κ3) is 4.83. The molecule has 31 heavy (non-hydrogen) atoms. The standard InChI is InChI=1S/C22H18BrN3O5/c1-13-19(20(26-31-13)15-6-4-3-5-7-15)21-25-24-18(30-21)12-28-22(27)14(2)29-17-10-8-16(23)9-11-17/h3-11,14H,12H2,1-2H3. The molecule has 1 atom stereocenters. The Labute approximate surface area is 186 Å². The molecule has 0 saturated carbocycles. The Hall–Kier alpha value is -3.46. The van der Waals surface area contributed by atoms with E-state index in [1.807, 2.05) is 42.5 Å². The molecule has 0 amide bonds. The highest BCUT2D eigenvalue weighted by Gasteiger charge is 2.23. The van der Waals surface area contributed by atoms with Crippen molar-refractivity contribution in [1.82, 2.24) is 15.4 Å². The number of nitrogens with zero attached hydrogens (tertiary/aromatic N) is 3. The van der Waals surface area contributed by atoms with Gasteiger partial charge < -0.3 is 18.4 Å². The number of aromatic nitrogens is 3. The number of halogens is 1. The largest absolute Gasteiger partial charge is 0.479 e. The van der Waals surface area contributed by atoms with Gasteiger partial charge in [0.05, 0.1) is 0 Å². The molecule has 0 aliphatic rings. The van der Waals surface area contributed by atoms with Crippen molar-refractivity contribution in [3.63, 3.8) is 0 Å². The lowest BCUT2D eigenvalue weighted by Gasteiger charge is -2.13. The minimum atomic E-state index is -0.798. The predicted octanol–water partition coefficient (Wildman–Crippen LogP) is 4.97.